The number of anilines is 1. The smallest absolute Gasteiger partial charge is 0.268 e. The first-order chi connectivity index (χ1) is 9.54. The molecule has 2 aromatic heterocycles. The van der Waals surface area contributed by atoms with Crippen molar-refractivity contribution < 1.29 is 4.52 Å². The molecule has 2 N–H and O–H groups in total. The Labute approximate surface area is 130 Å². The molecule has 3 unspecified atom stereocenters. The molecule has 0 spiro atoms. The minimum atomic E-state index is 0.321. The van der Waals surface area contributed by atoms with Crippen molar-refractivity contribution in [1.82, 2.24) is 10.1 Å². The second-order valence-electron chi connectivity index (χ2n) is 4.99. The Morgan fingerprint density at radius 1 is 1.35 bits per heavy atom. The van der Waals surface area contributed by atoms with Crippen molar-refractivity contribution in [3.63, 3.8) is 0 Å². The van der Waals surface area contributed by atoms with Crippen molar-refractivity contribution in [1.29, 1.82) is 0 Å². The SMILES string of the molecule is Cc1cc(N)sc1-c1nc(C2CSC(C)C(C)S2)no1. The molecule has 4 nitrogen and oxygen atoms in total. The van der Waals surface area contributed by atoms with Crippen molar-refractivity contribution in [2.24, 2.45) is 0 Å². The molecule has 0 bridgehead atoms. The fraction of sp³-hybridized carbons (Fsp3) is 0.538. The van der Waals surface area contributed by atoms with Crippen LogP contribution in [-0.2, 0) is 0 Å². The number of rotatable bonds is 2. The molecular weight excluding hydrogens is 310 g/mol. The zero-order valence-corrected chi connectivity index (χ0v) is 14.1. The summed E-state index contributed by atoms with van der Waals surface area (Å²) >= 11 is 5.42. The fourth-order valence-electron chi connectivity index (χ4n) is 2.10. The standard InChI is InChI=1S/C13H17N3OS3/c1-6-4-10(14)20-11(6)13-15-12(16-17-13)9-5-18-7(2)8(3)19-9/h4,7-9H,5,14H2,1-3H3. The van der Waals surface area contributed by atoms with Crippen LogP contribution in [0.15, 0.2) is 10.6 Å². The number of hydrogen-bond donors (Lipinski definition) is 1. The quantitative estimate of drug-likeness (QED) is 0.900. The normalized spacial score (nSPS) is 26.9. The molecule has 0 saturated carbocycles. The summed E-state index contributed by atoms with van der Waals surface area (Å²) in [6.45, 7) is 6.55. The van der Waals surface area contributed by atoms with Gasteiger partial charge in [0.1, 0.15) is 0 Å². The largest absolute Gasteiger partial charge is 0.391 e. The zero-order valence-electron chi connectivity index (χ0n) is 11.6. The number of aryl methyl sites for hydroxylation is 1. The van der Waals surface area contributed by atoms with Gasteiger partial charge >= 0.3 is 0 Å². The van der Waals surface area contributed by atoms with Gasteiger partial charge in [0.15, 0.2) is 5.82 Å². The van der Waals surface area contributed by atoms with Gasteiger partial charge in [-0.05, 0) is 18.6 Å². The molecule has 108 valence electrons. The second-order valence-corrected chi connectivity index (χ2v) is 9.07. The molecule has 0 aliphatic carbocycles. The van der Waals surface area contributed by atoms with Crippen LogP contribution in [0, 0.1) is 6.92 Å². The Morgan fingerprint density at radius 3 is 2.80 bits per heavy atom. The summed E-state index contributed by atoms with van der Waals surface area (Å²) in [7, 11) is 0. The van der Waals surface area contributed by atoms with Crippen LogP contribution >= 0.6 is 34.9 Å². The first-order valence-electron chi connectivity index (χ1n) is 6.51. The van der Waals surface area contributed by atoms with Crippen LogP contribution in [0.2, 0.25) is 0 Å². The van der Waals surface area contributed by atoms with E-state index in [1.54, 1.807) is 0 Å². The number of nitrogens with zero attached hydrogens (tertiary/aromatic N) is 2. The van der Waals surface area contributed by atoms with Gasteiger partial charge < -0.3 is 10.3 Å². The topological polar surface area (TPSA) is 64.9 Å². The van der Waals surface area contributed by atoms with Gasteiger partial charge in [0.25, 0.3) is 5.89 Å². The van der Waals surface area contributed by atoms with Crippen LogP contribution in [0.3, 0.4) is 0 Å². The van der Waals surface area contributed by atoms with E-state index < -0.39 is 0 Å². The molecule has 3 heterocycles. The van der Waals surface area contributed by atoms with E-state index in [-0.39, 0.29) is 0 Å². The lowest BCUT2D eigenvalue weighted by atomic mass is 10.3. The average Bonchev–Trinajstić information content (AvgIpc) is 2.99. The molecule has 1 aliphatic rings. The molecule has 0 amide bonds. The molecule has 1 saturated heterocycles. The van der Waals surface area contributed by atoms with Crippen LogP contribution < -0.4 is 5.73 Å². The number of nitrogens with two attached hydrogens (primary N) is 1. The second kappa shape index (κ2) is 5.61. The highest BCUT2D eigenvalue weighted by Gasteiger charge is 2.30. The summed E-state index contributed by atoms with van der Waals surface area (Å²) < 4.78 is 5.43. The molecule has 3 atom stereocenters. The highest BCUT2D eigenvalue weighted by Crippen LogP contribution is 2.44. The number of hydrogen-bond acceptors (Lipinski definition) is 7. The minimum absolute atomic E-state index is 0.321. The van der Waals surface area contributed by atoms with Crippen LogP contribution in [0.25, 0.3) is 10.8 Å². The average molecular weight is 328 g/mol. The van der Waals surface area contributed by atoms with E-state index in [0.29, 0.717) is 21.6 Å². The zero-order chi connectivity index (χ0) is 14.3. The van der Waals surface area contributed by atoms with Crippen LogP contribution in [0.1, 0.15) is 30.5 Å². The van der Waals surface area contributed by atoms with Crippen molar-refractivity contribution in [3.05, 3.63) is 17.5 Å². The number of nitrogen functional groups attached to an aromatic ring is 1. The maximum atomic E-state index is 5.82. The summed E-state index contributed by atoms with van der Waals surface area (Å²) in [5, 5.41) is 6.57. The van der Waals surface area contributed by atoms with Crippen molar-refractivity contribution >= 4 is 39.9 Å². The Kier molecular flexibility index (Phi) is 4.01. The van der Waals surface area contributed by atoms with Gasteiger partial charge in [0, 0.05) is 16.3 Å². The van der Waals surface area contributed by atoms with Crippen LogP contribution in [0.4, 0.5) is 5.00 Å². The number of thioether (sulfide) groups is 2. The first kappa shape index (κ1) is 14.3. The highest BCUT2D eigenvalue weighted by molar-refractivity contribution is 8.07. The van der Waals surface area contributed by atoms with Gasteiger partial charge in [-0.15, -0.1) is 23.1 Å². The summed E-state index contributed by atoms with van der Waals surface area (Å²) in [4.78, 5) is 5.56. The fourth-order valence-corrected chi connectivity index (χ4v) is 5.79. The lowest BCUT2D eigenvalue weighted by molar-refractivity contribution is 0.423. The lowest BCUT2D eigenvalue weighted by Gasteiger charge is -2.29. The molecule has 0 aromatic carbocycles. The Hall–Kier alpha value is -0.660. The molecule has 1 fully saturated rings. The Bertz CT molecular complexity index is 610. The van der Waals surface area contributed by atoms with Crippen LogP contribution in [-0.4, -0.2) is 26.4 Å². The third-order valence-electron chi connectivity index (χ3n) is 3.41. The summed E-state index contributed by atoms with van der Waals surface area (Å²) in [5.74, 6) is 2.44. The van der Waals surface area contributed by atoms with Gasteiger partial charge in [-0.1, -0.05) is 19.0 Å². The maximum Gasteiger partial charge on any atom is 0.268 e. The van der Waals surface area contributed by atoms with Crippen molar-refractivity contribution in [2.75, 3.05) is 11.5 Å². The van der Waals surface area contributed by atoms with E-state index in [1.165, 1.54) is 11.3 Å². The van der Waals surface area contributed by atoms with E-state index in [9.17, 15) is 0 Å². The third kappa shape index (κ3) is 2.71. The van der Waals surface area contributed by atoms with Gasteiger partial charge in [0.05, 0.1) is 15.1 Å². The highest BCUT2D eigenvalue weighted by atomic mass is 32.2. The molecule has 2 aromatic rings. The molecular formula is C13H17N3OS3. The molecule has 3 rings (SSSR count). The van der Waals surface area contributed by atoms with E-state index in [2.05, 4.69) is 24.0 Å². The monoisotopic (exact) mass is 327 g/mol. The summed E-state index contributed by atoms with van der Waals surface area (Å²) in [6.07, 6.45) is 0. The molecule has 1 aliphatic heterocycles. The Balaban J connectivity index is 1.82. The Morgan fingerprint density at radius 2 is 2.15 bits per heavy atom. The molecule has 20 heavy (non-hydrogen) atoms. The number of aromatic nitrogens is 2. The first-order valence-corrected chi connectivity index (χ1v) is 9.32. The van der Waals surface area contributed by atoms with E-state index in [0.717, 1.165) is 27.0 Å². The van der Waals surface area contributed by atoms with Crippen molar-refractivity contribution in [2.45, 2.75) is 36.5 Å². The predicted octanol–water partition coefficient (Wildman–Crippen LogP) is 3.99. The van der Waals surface area contributed by atoms with Crippen LogP contribution in [0.5, 0.6) is 0 Å². The summed E-state index contributed by atoms with van der Waals surface area (Å²) in [5.41, 5.74) is 6.91. The van der Waals surface area contributed by atoms with Gasteiger partial charge in [0.2, 0.25) is 0 Å². The molecule has 7 heteroatoms. The minimum Gasteiger partial charge on any atom is -0.391 e. The van der Waals surface area contributed by atoms with E-state index in [4.69, 9.17) is 10.3 Å². The summed E-state index contributed by atoms with van der Waals surface area (Å²) in [6, 6.07) is 1.94. The van der Waals surface area contributed by atoms with E-state index >= 15 is 0 Å². The van der Waals surface area contributed by atoms with Gasteiger partial charge in [-0.25, -0.2) is 0 Å². The number of thiophene rings is 1. The van der Waals surface area contributed by atoms with Crippen molar-refractivity contribution in [3.8, 4) is 10.8 Å². The van der Waals surface area contributed by atoms with E-state index in [1.807, 2.05) is 36.5 Å². The maximum absolute atomic E-state index is 5.82. The van der Waals surface area contributed by atoms with Gasteiger partial charge in [-0.2, -0.15) is 16.7 Å². The predicted molar refractivity (Wildman–Crippen MR) is 88.5 cm³/mol. The third-order valence-corrected chi connectivity index (χ3v) is 7.85. The lowest BCUT2D eigenvalue weighted by Crippen LogP contribution is -2.22. The van der Waals surface area contributed by atoms with Gasteiger partial charge in [-0.3, -0.25) is 0 Å². The molecule has 0 radical (unpaired) electrons.